The number of hydrogen-bond donors (Lipinski definition) is 1. The minimum atomic E-state index is -0.824. The Morgan fingerprint density at radius 2 is 1.96 bits per heavy atom. The Labute approximate surface area is 151 Å². The molecular weight excluding hydrogens is 314 g/mol. The number of hydrogen-bond acceptors (Lipinski definition) is 4. The monoisotopic (exact) mass is 345 g/mol. The summed E-state index contributed by atoms with van der Waals surface area (Å²) >= 11 is 0. The maximum absolute atomic E-state index is 12.5. The highest BCUT2D eigenvalue weighted by Gasteiger charge is 2.35. The van der Waals surface area contributed by atoms with Crippen LogP contribution in [0.15, 0.2) is 36.4 Å². The van der Waals surface area contributed by atoms with Gasteiger partial charge in [0.25, 0.3) is 0 Å². The first kappa shape index (κ1) is 19.6. The third-order valence-electron chi connectivity index (χ3n) is 4.58. The Bertz CT molecular complexity index is 574. The van der Waals surface area contributed by atoms with Crippen LogP contribution in [0.1, 0.15) is 18.4 Å². The Balaban J connectivity index is 1.90. The summed E-state index contributed by atoms with van der Waals surface area (Å²) in [6, 6.07) is 9.80. The minimum Gasteiger partial charge on any atom is -0.387 e. The van der Waals surface area contributed by atoms with Gasteiger partial charge in [0, 0.05) is 32.3 Å². The van der Waals surface area contributed by atoms with Crippen LogP contribution in [-0.2, 0) is 4.79 Å². The molecule has 0 aromatic heterocycles. The molecule has 1 heterocycles. The van der Waals surface area contributed by atoms with Crippen LogP contribution in [0.2, 0.25) is 0 Å². The molecule has 1 aromatic carbocycles. The van der Waals surface area contributed by atoms with Gasteiger partial charge in [-0.25, -0.2) is 0 Å². The van der Waals surface area contributed by atoms with E-state index in [0.717, 1.165) is 31.5 Å². The number of aliphatic hydroxyl groups is 1. The van der Waals surface area contributed by atoms with Gasteiger partial charge in [0.2, 0.25) is 5.91 Å². The summed E-state index contributed by atoms with van der Waals surface area (Å²) in [6.07, 6.45) is 5.02. The highest BCUT2D eigenvalue weighted by atomic mass is 16.3. The van der Waals surface area contributed by atoms with Crippen molar-refractivity contribution in [3.63, 3.8) is 0 Å². The van der Waals surface area contributed by atoms with E-state index in [1.54, 1.807) is 11.0 Å². The molecule has 0 spiro atoms. The van der Waals surface area contributed by atoms with Crippen molar-refractivity contribution in [2.45, 2.75) is 18.4 Å². The highest BCUT2D eigenvalue weighted by Crippen LogP contribution is 2.22. The van der Waals surface area contributed by atoms with E-state index in [1.807, 2.05) is 57.6 Å². The van der Waals surface area contributed by atoms with Gasteiger partial charge < -0.3 is 19.8 Å². The number of amides is 1. The Hall–Kier alpha value is -1.69. The topological polar surface area (TPSA) is 47.0 Å². The first-order valence-electron chi connectivity index (χ1n) is 8.96. The van der Waals surface area contributed by atoms with Crippen LogP contribution in [0.3, 0.4) is 0 Å². The lowest BCUT2D eigenvalue weighted by Crippen LogP contribution is -2.55. The average Bonchev–Trinajstić information content (AvgIpc) is 2.58. The highest BCUT2D eigenvalue weighted by molar-refractivity contribution is 5.91. The quantitative estimate of drug-likeness (QED) is 0.762. The van der Waals surface area contributed by atoms with Crippen molar-refractivity contribution in [3.05, 3.63) is 42.0 Å². The molecule has 1 fully saturated rings. The fourth-order valence-electron chi connectivity index (χ4n) is 3.22. The molecule has 5 heteroatoms. The lowest BCUT2D eigenvalue weighted by Gasteiger charge is -2.41. The second kappa shape index (κ2) is 9.13. The molecule has 1 atom stereocenters. The van der Waals surface area contributed by atoms with Crippen molar-refractivity contribution in [2.24, 2.45) is 0 Å². The van der Waals surface area contributed by atoms with Crippen LogP contribution in [0.25, 0.3) is 6.08 Å². The second-order valence-electron chi connectivity index (χ2n) is 7.37. The molecule has 138 valence electrons. The fraction of sp³-hybridized carbons (Fsp3) is 0.550. The van der Waals surface area contributed by atoms with E-state index < -0.39 is 5.60 Å². The molecule has 1 aliphatic heterocycles. The summed E-state index contributed by atoms with van der Waals surface area (Å²) in [5.74, 6) is -0.0297. The minimum absolute atomic E-state index is 0.0297. The number of likely N-dealkylation sites (N-methyl/N-ethyl adjacent to an activating group) is 2. The predicted molar refractivity (Wildman–Crippen MR) is 102 cm³/mol. The molecule has 1 aromatic rings. The zero-order valence-electron chi connectivity index (χ0n) is 15.7. The van der Waals surface area contributed by atoms with E-state index in [-0.39, 0.29) is 5.91 Å². The number of β-amino-alcohol motifs (C(OH)–C–C–N with tert-alkyl or cyclic N) is 1. The van der Waals surface area contributed by atoms with Crippen LogP contribution >= 0.6 is 0 Å². The first-order chi connectivity index (χ1) is 11.9. The van der Waals surface area contributed by atoms with E-state index in [4.69, 9.17) is 0 Å². The molecule has 25 heavy (non-hydrogen) atoms. The normalized spacial score (nSPS) is 21.4. The number of rotatable bonds is 7. The molecule has 1 saturated heterocycles. The Morgan fingerprint density at radius 1 is 1.24 bits per heavy atom. The molecule has 1 N–H and O–H groups in total. The molecule has 0 bridgehead atoms. The van der Waals surface area contributed by atoms with Crippen LogP contribution in [-0.4, -0.2) is 85.2 Å². The number of piperidine rings is 1. The maximum atomic E-state index is 12.5. The van der Waals surface area contributed by atoms with Crippen molar-refractivity contribution < 1.29 is 9.90 Å². The van der Waals surface area contributed by atoms with Crippen molar-refractivity contribution in [3.8, 4) is 0 Å². The Morgan fingerprint density at radius 3 is 2.64 bits per heavy atom. The van der Waals surface area contributed by atoms with Crippen molar-refractivity contribution in [2.75, 3.05) is 53.9 Å². The zero-order chi connectivity index (χ0) is 18.3. The van der Waals surface area contributed by atoms with Gasteiger partial charge in [-0.05, 0) is 45.6 Å². The standard InChI is InChI=1S/C20H31N3O2/c1-21(2)14-15-22(3)16-20(25)12-7-13-23(17-20)19(24)11-10-18-8-5-4-6-9-18/h4-6,8-11,25H,7,12-17H2,1-3H3/b11-10+. The summed E-state index contributed by atoms with van der Waals surface area (Å²) in [5, 5.41) is 10.9. The zero-order valence-corrected chi connectivity index (χ0v) is 15.7. The van der Waals surface area contributed by atoms with Gasteiger partial charge in [-0.2, -0.15) is 0 Å². The number of carbonyl (C=O) groups is 1. The van der Waals surface area contributed by atoms with Crippen LogP contribution in [0, 0.1) is 0 Å². The fourth-order valence-corrected chi connectivity index (χ4v) is 3.22. The third-order valence-corrected chi connectivity index (χ3v) is 4.58. The van der Waals surface area contributed by atoms with E-state index >= 15 is 0 Å². The summed E-state index contributed by atoms with van der Waals surface area (Å²) in [6.45, 7) is 3.55. The summed E-state index contributed by atoms with van der Waals surface area (Å²) in [4.78, 5) is 18.5. The molecule has 1 aliphatic rings. The van der Waals surface area contributed by atoms with Crippen molar-refractivity contribution in [1.29, 1.82) is 0 Å². The van der Waals surface area contributed by atoms with E-state index in [0.29, 0.717) is 19.6 Å². The van der Waals surface area contributed by atoms with E-state index in [2.05, 4.69) is 9.80 Å². The van der Waals surface area contributed by atoms with Crippen molar-refractivity contribution in [1.82, 2.24) is 14.7 Å². The molecule has 0 saturated carbocycles. The molecular formula is C20H31N3O2. The summed E-state index contributed by atoms with van der Waals surface area (Å²) < 4.78 is 0. The Kier molecular flexibility index (Phi) is 7.17. The number of carbonyl (C=O) groups excluding carboxylic acids is 1. The van der Waals surface area contributed by atoms with Gasteiger partial charge in [-0.15, -0.1) is 0 Å². The molecule has 2 rings (SSSR count). The van der Waals surface area contributed by atoms with Crippen LogP contribution in [0.4, 0.5) is 0 Å². The number of nitrogens with zero attached hydrogens (tertiary/aromatic N) is 3. The lowest BCUT2D eigenvalue weighted by atomic mass is 9.92. The SMILES string of the molecule is CN(C)CCN(C)CC1(O)CCCN(C(=O)/C=C/c2ccccc2)C1. The van der Waals surface area contributed by atoms with Gasteiger partial charge in [-0.3, -0.25) is 4.79 Å². The van der Waals surface area contributed by atoms with Gasteiger partial charge >= 0.3 is 0 Å². The van der Waals surface area contributed by atoms with Crippen LogP contribution < -0.4 is 0 Å². The second-order valence-corrected chi connectivity index (χ2v) is 7.37. The lowest BCUT2D eigenvalue weighted by molar-refractivity contribution is -0.134. The summed E-state index contributed by atoms with van der Waals surface area (Å²) in [5.41, 5.74) is 0.182. The number of benzene rings is 1. The van der Waals surface area contributed by atoms with E-state index in [9.17, 15) is 9.90 Å². The third kappa shape index (κ3) is 6.61. The molecule has 1 unspecified atom stereocenters. The van der Waals surface area contributed by atoms with Crippen LogP contribution in [0.5, 0.6) is 0 Å². The predicted octanol–water partition coefficient (Wildman–Crippen LogP) is 1.55. The van der Waals surface area contributed by atoms with Gasteiger partial charge in [0.15, 0.2) is 0 Å². The largest absolute Gasteiger partial charge is 0.387 e. The molecule has 0 radical (unpaired) electrons. The van der Waals surface area contributed by atoms with Crippen molar-refractivity contribution >= 4 is 12.0 Å². The smallest absolute Gasteiger partial charge is 0.246 e. The molecule has 0 aliphatic carbocycles. The first-order valence-corrected chi connectivity index (χ1v) is 8.96. The average molecular weight is 345 g/mol. The molecule has 5 nitrogen and oxygen atoms in total. The van der Waals surface area contributed by atoms with Gasteiger partial charge in [0.1, 0.15) is 0 Å². The van der Waals surface area contributed by atoms with Gasteiger partial charge in [0.05, 0.1) is 12.1 Å². The molecule has 1 amide bonds. The van der Waals surface area contributed by atoms with Gasteiger partial charge in [-0.1, -0.05) is 30.3 Å². The number of likely N-dealkylation sites (tertiary alicyclic amines) is 1. The van der Waals surface area contributed by atoms with E-state index in [1.165, 1.54) is 0 Å². The maximum Gasteiger partial charge on any atom is 0.246 e. The summed E-state index contributed by atoms with van der Waals surface area (Å²) in [7, 11) is 6.11.